The van der Waals surface area contributed by atoms with E-state index in [1.165, 1.54) is 0 Å². The summed E-state index contributed by atoms with van der Waals surface area (Å²) in [5, 5.41) is 2.77. The van der Waals surface area contributed by atoms with Crippen LogP contribution in [0.4, 0.5) is 0 Å². The Morgan fingerprint density at radius 2 is 1.68 bits per heavy atom. The average molecular weight is 441 g/mol. The highest BCUT2D eigenvalue weighted by Gasteiger charge is 2.22. The molecule has 0 spiro atoms. The van der Waals surface area contributed by atoms with Gasteiger partial charge in [-0.3, -0.25) is 9.59 Å². The van der Waals surface area contributed by atoms with Gasteiger partial charge in [-0.05, 0) is 39.7 Å². The molecule has 0 aliphatic carbocycles. The minimum atomic E-state index is -0.339. The lowest BCUT2D eigenvalue weighted by Crippen LogP contribution is -2.44. The largest absolute Gasteiger partial charge is 0.378 e. The molecule has 1 saturated heterocycles. The Kier molecular flexibility index (Phi) is 7.17. The van der Waals surface area contributed by atoms with Crippen molar-refractivity contribution in [2.45, 2.75) is 0 Å². The summed E-state index contributed by atoms with van der Waals surface area (Å²) in [4.78, 5) is 27.3. The van der Waals surface area contributed by atoms with E-state index in [1.54, 1.807) is 35.3 Å². The summed E-state index contributed by atoms with van der Waals surface area (Å²) in [7, 11) is 0. The SMILES string of the molecule is O=C(N/C(=C/C=C\c1ccccc1)C(=O)N1CCOCC1)c1ccccc1Br. The van der Waals surface area contributed by atoms with Gasteiger partial charge < -0.3 is 15.0 Å². The standard InChI is InChI=1S/C22H21BrN2O3/c23-19-11-5-4-10-18(19)21(26)24-20(22(27)25-13-15-28-16-14-25)12-6-9-17-7-2-1-3-8-17/h1-12H,13-16H2,(H,24,26)/b9-6-,20-12+. The summed E-state index contributed by atoms with van der Waals surface area (Å²) in [6.45, 7) is 2.00. The summed E-state index contributed by atoms with van der Waals surface area (Å²) in [6, 6.07) is 16.9. The Balaban J connectivity index is 1.82. The van der Waals surface area contributed by atoms with E-state index in [2.05, 4.69) is 21.2 Å². The van der Waals surface area contributed by atoms with E-state index >= 15 is 0 Å². The third-order valence-electron chi connectivity index (χ3n) is 4.25. The number of hydrogen-bond donors (Lipinski definition) is 1. The molecule has 1 N–H and O–H groups in total. The fourth-order valence-corrected chi connectivity index (χ4v) is 3.22. The molecule has 1 heterocycles. The van der Waals surface area contributed by atoms with Crippen molar-refractivity contribution in [2.75, 3.05) is 26.3 Å². The fourth-order valence-electron chi connectivity index (χ4n) is 2.76. The number of hydrogen-bond acceptors (Lipinski definition) is 3. The highest BCUT2D eigenvalue weighted by atomic mass is 79.9. The van der Waals surface area contributed by atoms with Crippen LogP contribution in [0.3, 0.4) is 0 Å². The number of carbonyl (C=O) groups excluding carboxylic acids is 2. The fraction of sp³-hybridized carbons (Fsp3) is 0.182. The molecule has 3 rings (SSSR count). The van der Waals surface area contributed by atoms with Crippen molar-refractivity contribution >= 4 is 33.8 Å². The molecule has 5 nitrogen and oxygen atoms in total. The second-order valence-corrected chi connectivity index (χ2v) is 7.04. The number of allylic oxidation sites excluding steroid dienone is 2. The topological polar surface area (TPSA) is 58.6 Å². The molecule has 1 aliphatic heterocycles. The number of halogens is 1. The Bertz CT molecular complexity index is 888. The van der Waals surface area contributed by atoms with Crippen molar-refractivity contribution in [3.8, 4) is 0 Å². The van der Waals surface area contributed by atoms with Gasteiger partial charge in [0.2, 0.25) is 0 Å². The van der Waals surface area contributed by atoms with Crippen LogP contribution in [0.25, 0.3) is 6.08 Å². The van der Waals surface area contributed by atoms with E-state index in [1.807, 2.05) is 42.5 Å². The molecular formula is C22H21BrN2O3. The maximum absolute atomic E-state index is 12.9. The highest BCUT2D eigenvalue weighted by Crippen LogP contribution is 2.16. The zero-order valence-corrected chi connectivity index (χ0v) is 16.9. The van der Waals surface area contributed by atoms with Crippen LogP contribution >= 0.6 is 15.9 Å². The average Bonchev–Trinajstić information content (AvgIpc) is 2.74. The Morgan fingerprint density at radius 1 is 1.00 bits per heavy atom. The van der Waals surface area contributed by atoms with Crippen molar-refractivity contribution in [2.24, 2.45) is 0 Å². The summed E-state index contributed by atoms with van der Waals surface area (Å²) in [6.07, 6.45) is 5.29. The van der Waals surface area contributed by atoms with Gasteiger partial charge in [0.25, 0.3) is 11.8 Å². The highest BCUT2D eigenvalue weighted by molar-refractivity contribution is 9.10. The van der Waals surface area contributed by atoms with Crippen LogP contribution < -0.4 is 5.32 Å². The van der Waals surface area contributed by atoms with Gasteiger partial charge in [0, 0.05) is 17.6 Å². The molecule has 2 amide bonds. The molecule has 6 heteroatoms. The molecule has 0 atom stereocenters. The smallest absolute Gasteiger partial charge is 0.270 e. The van der Waals surface area contributed by atoms with Gasteiger partial charge in [-0.2, -0.15) is 0 Å². The first-order chi connectivity index (χ1) is 13.6. The van der Waals surface area contributed by atoms with Crippen LogP contribution in [0.2, 0.25) is 0 Å². The third kappa shape index (κ3) is 5.41. The third-order valence-corrected chi connectivity index (χ3v) is 4.94. The van der Waals surface area contributed by atoms with Gasteiger partial charge >= 0.3 is 0 Å². The molecule has 0 aromatic heterocycles. The zero-order chi connectivity index (χ0) is 19.8. The van der Waals surface area contributed by atoms with Gasteiger partial charge in [-0.15, -0.1) is 0 Å². The Hall–Kier alpha value is -2.70. The van der Waals surface area contributed by atoms with Gasteiger partial charge in [-0.25, -0.2) is 0 Å². The Morgan fingerprint density at radius 3 is 2.39 bits per heavy atom. The minimum absolute atomic E-state index is 0.221. The first kappa shape index (κ1) is 20.0. The number of ether oxygens (including phenoxy) is 1. The molecule has 28 heavy (non-hydrogen) atoms. The molecule has 0 unspecified atom stereocenters. The van der Waals surface area contributed by atoms with E-state index in [0.717, 1.165) is 5.56 Å². The van der Waals surface area contributed by atoms with Crippen molar-refractivity contribution in [1.82, 2.24) is 10.2 Å². The predicted molar refractivity (Wildman–Crippen MR) is 113 cm³/mol. The van der Waals surface area contributed by atoms with Crippen molar-refractivity contribution in [3.05, 3.63) is 88.0 Å². The minimum Gasteiger partial charge on any atom is -0.378 e. The van der Waals surface area contributed by atoms with Gasteiger partial charge in [0.1, 0.15) is 5.70 Å². The van der Waals surface area contributed by atoms with Crippen molar-refractivity contribution < 1.29 is 14.3 Å². The normalized spacial score (nSPS) is 14.9. The summed E-state index contributed by atoms with van der Waals surface area (Å²) in [5.41, 5.74) is 1.71. The summed E-state index contributed by atoms with van der Waals surface area (Å²) >= 11 is 3.38. The van der Waals surface area contributed by atoms with Crippen LogP contribution in [-0.2, 0) is 9.53 Å². The molecule has 2 aromatic rings. The molecule has 2 aromatic carbocycles. The summed E-state index contributed by atoms with van der Waals surface area (Å²) < 4.78 is 5.99. The predicted octanol–water partition coefficient (Wildman–Crippen LogP) is 3.64. The van der Waals surface area contributed by atoms with Crippen LogP contribution in [0.5, 0.6) is 0 Å². The van der Waals surface area contributed by atoms with Crippen LogP contribution in [0.15, 0.2) is 76.9 Å². The second-order valence-electron chi connectivity index (χ2n) is 6.19. The number of nitrogens with one attached hydrogen (secondary N) is 1. The van der Waals surface area contributed by atoms with E-state index in [9.17, 15) is 9.59 Å². The van der Waals surface area contributed by atoms with Crippen LogP contribution in [0.1, 0.15) is 15.9 Å². The zero-order valence-electron chi connectivity index (χ0n) is 15.3. The van der Waals surface area contributed by atoms with Crippen LogP contribution in [0, 0.1) is 0 Å². The number of nitrogens with zero attached hydrogens (tertiary/aromatic N) is 1. The van der Waals surface area contributed by atoms with E-state index in [4.69, 9.17) is 4.74 Å². The molecule has 144 valence electrons. The first-order valence-corrected chi connectivity index (χ1v) is 9.81. The van der Waals surface area contributed by atoms with Crippen molar-refractivity contribution in [3.63, 3.8) is 0 Å². The number of benzene rings is 2. The second kappa shape index (κ2) is 10.0. The van der Waals surface area contributed by atoms with Gasteiger partial charge in [0.05, 0.1) is 18.8 Å². The van der Waals surface area contributed by atoms with E-state index in [0.29, 0.717) is 36.3 Å². The lowest BCUT2D eigenvalue weighted by atomic mass is 10.2. The lowest BCUT2D eigenvalue weighted by molar-refractivity contribution is -0.131. The number of carbonyl (C=O) groups is 2. The molecule has 0 saturated carbocycles. The number of rotatable bonds is 5. The quantitative estimate of drug-likeness (QED) is 0.570. The summed E-state index contributed by atoms with van der Waals surface area (Å²) in [5.74, 6) is -0.560. The first-order valence-electron chi connectivity index (χ1n) is 9.01. The molecule has 1 fully saturated rings. The maximum atomic E-state index is 12.9. The number of amides is 2. The molecule has 1 aliphatic rings. The van der Waals surface area contributed by atoms with Crippen LogP contribution in [-0.4, -0.2) is 43.0 Å². The lowest BCUT2D eigenvalue weighted by Gasteiger charge is -2.27. The molecule has 0 radical (unpaired) electrons. The van der Waals surface area contributed by atoms with Gasteiger partial charge in [0.15, 0.2) is 0 Å². The van der Waals surface area contributed by atoms with E-state index < -0.39 is 0 Å². The maximum Gasteiger partial charge on any atom is 0.270 e. The number of morpholine rings is 1. The molecule has 0 bridgehead atoms. The molecular weight excluding hydrogens is 420 g/mol. The monoisotopic (exact) mass is 440 g/mol. The van der Waals surface area contributed by atoms with Crippen molar-refractivity contribution in [1.29, 1.82) is 0 Å². The van der Waals surface area contributed by atoms with Gasteiger partial charge in [-0.1, -0.05) is 54.6 Å². The van der Waals surface area contributed by atoms with E-state index in [-0.39, 0.29) is 17.5 Å². The Labute approximate surface area is 172 Å².